The van der Waals surface area contributed by atoms with Gasteiger partial charge in [-0.25, -0.2) is 0 Å². The summed E-state index contributed by atoms with van der Waals surface area (Å²) in [7, 11) is 0. The molecule has 25 heavy (non-hydrogen) atoms. The number of carbonyl (C=O) groups excluding carboxylic acids is 1. The number of aldehydes is 1. The fourth-order valence-corrected chi connectivity index (χ4v) is 3.04. The molecular weight excluding hydrogens is 322 g/mol. The van der Waals surface area contributed by atoms with Gasteiger partial charge in [0.25, 0.3) is 5.69 Å². The standard InChI is InChI=1S/C19H11NO5/c21-10-11-8-12(20(23)24)9-15(19(11)22)13-5-3-7-17-18(13)14-4-1-2-6-16(14)25-17/h1-10,22H. The van der Waals surface area contributed by atoms with Gasteiger partial charge in [0.1, 0.15) is 16.9 Å². The molecule has 0 atom stereocenters. The van der Waals surface area contributed by atoms with E-state index in [-0.39, 0.29) is 22.6 Å². The number of hydrogen-bond acceptors (Lipinski definition) is 5. The highest BCUT2D eigenvalue weighted by Gasteiger charge is 2.20. The Labute approximate surface area is 141 Å². The Morgan fingerprint density at radius 2 is 1.76 bits per heavy atom. The summed E-state index contributed by atoms with van der Waals surface area (Å²) in [6.45, 7) is 0. The van der Waals surface area contributed by atoms with Crippen molar-refractivity contribution in [2.24, 2.45) is 0 Å². The molecule has 0 saturated carbocycles. The maximum Gasteiger partial charge on any atom is 0.271 e. The number of benzene rings is 3. The summed E-state index contributed by atoms with van der Waals surface area (Å²) in [5.74, 6) is -0.293. The van der Waals surface area contributed by atoms with Crippen LogP contribution >= 0.6 is 0 Å². The summed E-state index contributed by atoms with van der Waals surface area (Å²) in [6.07, 6.45) is 0.402. The Balaban J connectivity index is 2.13. The lowest BCUT2D eigenvalue weighted by Gasteiger charge is -2.08. The first-order valence-electron chi connectivity index (χ1n) is 7.47. The van der Waals surface area contributed by atoms with E-state index < -0.39 is 4.92 Å². The van der Waals surface area contributed by atoms with E-state index in [0.717, 1.165) is 16.8 Å². The van der Waals surface area contributed by atoms with Crippen LogP contribution in [-0.4, -0.2) is 16.3 Å². The molecule has 0 saturated heterocycles. The van der Waals surface area contributed by atoms with Gasteiger partial charge in [-0.1, -0.05) is 30.3 Å². The van der Waals surface area contributed by atoms with E-state index in [0.29, 0.717) is 23.0 Å². The number of phenolic OH excluding ortho intramolecular Hbond substituents is 1. The van der Waals surface area contributed by atoms with Crippen molar-refractivity contribution in [2.75, 3.05) is 0 Å². The predicted octanol–water partition coefficient (Wildman–Crippen LogP) is 4.68. The average molecular weight is 333 g/mol. The molecule has 6 heteroatoms. The predicted molar refractivity (Wildman–Crippen MR) is 92.9 cm³/mol. The normalized spacial score (nSPS) is 11.0. The number of nitro groups is 1. The van der Waals surface area contributed by atoms with Crippen LogP contribution in [-0.2, 0) is 0 Å². The number of rotatable bonds is 3. The maximum atomic E-state index is 11.2. The van der Waals surface area contributed by atoms with Crippen LogP contribution in [0.25, 0.3) is 33.1 Å². The van der Waals surface area contributed by atoms with Crippen molar-refractivity contribution in [1.82, 2.24) is 0 Å². The van der Waals surface area contributed by atoms with E-state index in [1.165, 1.54) is 6.07 Å². The van der Waals surface area contributed by atoms with Crippen molar-refractivity contribution in [2.45, 2.75) is 0 Å². The Morgan fingerprint density at radius 3 is 2.52 bits per heavy atom. The van der Waals surface area contributed by atoms with Crippen LogP contribution < -0.4 is 0 Å². The first-order chi connectivity index (χ1) is 12.1. The van der Waals surface area contributed by atoms with Gasteiger partial charge in [-0.3, -0.25) is 14.9 Å². The number of nitro benzene ring substituents is 1. The lowest BCUT2D eigenvalue weighted by molar-refractivity contribution is -0.384. The zero-order valence-corrected chi connectivity index (χ0v) is 12.8. The molecule has 1 heterocycles. The minimum Gasteiger partial charge on any atom is -0.507 e. The topological polar surface area (TPSA) is 93.6 Å². The fourth-order valence-electron chi connectivity index (χ4n) is 3.04. The molecule has 0 fully saturated rings. The van der Waals surface area contributed by atoms with E-state index in [1.807, 2.05) is 24.3 Å². The lowest BCUT2D eigenvalue weighted by Crippen LogP contribution is -1.93. The Hall–Kier alpha value is -3.67. The zero-order chi connectivity index (χ0) is 17.6. The molecule has 0 spiro atoms. The van der Waals surface area contributed by atoms with Crippen LogP contribution in [0, 0.1) is 10.1 Å². The monoisotopic (exact) mass is 333 g/mol. The van der Waals surface area contributed by atoms with Gasteiger partial charge in [-0.15, -0.1) is 0 Å². The summed E-state index contributed by atoms with van der Waals surface area (Å²) in [4.78, 5) is 21.8. The van der Waals surface area contributed by atoms with Gasteiger partial charge in [-0.2, -0.15) is 0 Å². The highest BCUT2D eigenvalue weighted by molar-refractivity contribution is 6.13. The number of hydrogen-bond donors (Lipinski definition) is 1. The van der Waals surface area contributed by atoms with Crippen LogP contribution in [0.2, 0.25) is 0 Å². The van der Waals surface area contributed by atoms with Gasteiger partial charge in [0.2, 0.25) is 0 Å². The van der Waals surface area contributed by atoms with Gasteiger partial charge in [0, 0.05) is 28.5 Å². The summed E-state index contributed by atoms with van der Waals surface area (Å²) in [6, 6.07) is 15.0. The molecule has 4 aromatic rings. The van der Waals surface area contributed by atoms with Crippen LogP contribution in [0.3, 0.4) is 0 Å². The minimum absolute atomic E-state index is 0.131. The molecule has 1 aromatic heterocycles. The molecule has 0 aliphatic carbocycles. The third kappa shape index (κ3) is 2.23. The number of aromatic hydroxyl groups is 1. The molecule has 1 N–H and O–H groups in total. The van der Waals surface area contributed by atoms with Crippen molar-refractivity contribution in [3.05, 3.63) is 70.3 Å². The van der Waals surface area contributed by atoms with E-state index >= 15 is 0 Å². The number of furan rings is 1. The second-order valence-electron chi connectivity index (χ2n) is 5.58. The zero-order valence-electron chi connectivity index (χ0n) is 12.8. The summed E-state index contributed by atoms with van der Waals surface area (Å²) < 4.78 is 5.80. The number of para-hydroxylation sites is 1. The van der Waals surface area contributed by atoms with Gasteiger partial charge in [0.15, 0.2) is 6.29 Å². The van der Waals surface area contributed by atoms with E-state index in [9.17, 15) is 20.0 Å². The highest BCUT2D eigenvalue weighted by Crippen LogP contribution is 2.42. The minimum atomic E-state index is -0.594. The molecule has 0 amide bonds. The second-order valence-corrected chi connectivity index (χ2v) is 5.58. The van der Waals surface area contributed by atoms with Gasteiger partial charge < -0.3 is 9.52 Å². The Bertz CT molecular complexity index is 1160. The largest absolute Gasteiger partial charge is 0.507 e. The van der Waals surface area contributed by atoms with Crippen LogP contribution in [0.5, 0.6) is 5.75 Å². The Morgan fingerprint density at radius 1 is 1.00 bits per heavy atom. The third-order valence-corrected chi connectivity index (χ3v) is 4.15. The summed E-state index contributed by atoms with van der Waals surface area (Å²) >= 11 is 0. The first kappa shape index (κ1) is 14.9. The van der Waals surface area contributed by atoms with Gasteiger partial charge in [-0.05, 0) is 17.7 Å². The number of nitrogens with zero attached hydrogens (tertiary/aromatic N) is 1. The molecule has 0 bridgehead atoms. The molecule has 3 aromatic carbocycles. The number of non-ortho nitro benzene ring substituents is 1. The lowest BCUT2D eigenvalue weighted by atomic mass is 9.96. The summed E-state index contributed by atoms with van der Waals surface area (Å²) in [5, 5.41) is 23.2. The molecule has 0 aliphatic rings. The molecule has 6 nitrogen and oxygen atoms in total. The first-order valence-corrected chi connectivity index (χ1v) is 7.47. The van der Waals surface area contributed by atoms with E-state index in [2.05, 4.69) is 0 Å². The highest BCUT2D eigenvalue weighted by atomic mass is 16.6. The molecule has 0 aliphatic heterocycles. The van der Waals surface area contributed by atoms with Gasteiger partial charge >= 0.3 is 0 Å². The Kier molecular flexibility index (Phi) is 3.25. The van der Waals surface area contributed by atoms with E-state index in [4.69, 9.17) is 4.42 Å². The fraction of sp³-hybridized carbons (Fsp3) is 0. The van der Waals surface area contributed by atoms with Crippen LogP contribution in [0.15, 0.2) is 59.0 Å². The van der Waals surface area contributed by atoms with Crippen molar-refractivity contribution in [3.8, 4) is 16.9 Å². The molecular formula is C19H11NO5. The van der Waals surface area contributed by atoms with Crippen molar-refractivity contribution in [3.63, 3.8) is 0 Å². The van der Waals surface area contributed by atoms with Crippen molar-refractivity contribution >= 4 is 33.9 Å². The third-order valence-electron chi connectivity index (χ3n) is 4.15. The smallest absolute Gasteiger partial charge is 0.271 e. The van der Waals surface area contributed by atoms with Crippen LogP contribution in [0.1, 0.15) is 10.4 Å². The quantitative estimate of drug-likeness (QED) is 0.334. The van der Waals surface area contributed by atoms with E-state index in [1.54, 1.807) is 18.2 Å². The number of carbonyl (C=O) groups is 1. The number of phenols is 1. The van der Waals surface area contributed by atoms with Crippen molar-refractivity contribution < 1.29 is 19.2 Å². The van der Waals surface area contributed by atoms with Crippen LogP contribution in [0.4, 0.5) is 5.69 Å². The maximum absolute atomic E-state index is 11.2. The molecule has 0 unspecified atom stereocenters. The average Bonchev–Trinajstić information content (AvgIpc) is 3.00. The molecule has 0 radical (unpaired) electrons. The molecule has 122 valence electrons. The second kappa shape index (κ2) is 5.45. The van der Waals surface area contributed by atoms with Gasteiger partial charge in [0.05, 0.1) is 10.5 Å². The van der Waals surface area contributed by atoms with Crippen molar-refractivity contribution in [1.29, 1.82) is 0 Å². The summed E-state index contributed by atoms with van der Waals surface area (Å²) in [5.41, 5.74) is 1.65. The molecule has 4 rings (SSSR count). The number of fused-ring (bicyclic) bond motifs is 3. The SMILES string of the molecule is O=Cc1cc([N+](=O)[O-])cc(-c2cccc3oc4ccccc4c23)c1O.